The van der Waals surface area contributed by atoms with Gasteiger partial charge in [0.05, 0.1) is 17.7 Å². The van der Waals surface area contributed by atoms with Gasteiger partial charge in [-0.1, -0.05) is 35.9 Å². The number of halogens is 1. The lowest BCUT2D eigenvalue weighted by Crippen LogP contribution is -2.24. The number of benzene rings is 2. The second-order valence-electron chi connectivity index (χ2n) is 6.63. The first-order valence-electron chi connectivity index (χ1n) is 9.13. The number of amides is 1. The number of hydrogen-bond acceptors (Lipinski definition) is 4. The van der Waals surface area contributed by atoms with Crippen LogP contribution in [0.4, 0.5) is 0 Å². The van der Waals surface area contributed by atoms with Crippen LogP contribution in [0, 0.1) is 0 Å². The average molecular weight is 445 g/mol. The van der Waals surface area contributed by atoms with Crippen molar-refractivity contribution < 1.29 is 17.6 Å². The maximum atomic E-state index is 12.3. The summed E-state index contributed by atoms with van der Waals surface area (Å²) in [6.45, 7) is 0.532. The Hall–Kier alpha value is -2.87. The molecule has 0 radical (unpaired) electrons. The lowest BCUT2D eigenvalue weighted by molar-refractivity contribution is -0.125. The molecule has 0 spiro atoms. The Bertz CT molecular complexity index is 1110. The standard InChI is InChI=1S/C22H21ClN2O4S/c1-25(16-18-4-9-19(23)10-5-18)22(26)13-8-17-6-11-21(12-7-17)30(27,28)24-15-20-3-2-14-29-20/h2-14,24H,15-16H2,1H3. The van der Waals surface area contributed by atoms with E-state index < -0.39 is 10.0 Å². The van der Waals surface area contributed by atoms with Crippen LogP contribution in [0.15, 0.2) is 82.3 Å². The van der Waals surface area contributed by atoms with Crippen molar-refractivity contribution in [3.05, 3.63) is 94.9 Å². The van der Waals surface area contributed by atoms with Gasteiger partial charge in [-0.05, 0) is 53.6 Å². The Kier molecular flexibility index (Phi) is 7.10. The summed E-state index contributed by atoms with van der Waals surface area (Å²) in [5, 5.41) is 0.647. The first kappa shape index (κ1) is 21.8. The van der Waals surface area contributed by atoms with Crippen molar-refractivity contribution in [1.29, 1.82) is 0 Å². The smallest absolute Gasteiger partial charge is 0.246 e. The number of sulfonamides is 1. The van der Waals surface area contributed by atoms with Crippen LogP contribution in [0.5, 0.6) is 0 Å². The molecular weight excluding hydrogens is 424 g/mol. The summed E-state index contributed by atoms with van der Waals surface area (Å²) in [5.41, 5.74) is 1.69. The largest absolute Gasteiger partial charge is 0.468 e. The van der Waals surface area contributed by atoms with Crippen LogP contribution in [0.1, 0.15) is 16.9 Å². The van der Waals surface area contributed by atoms with E-state index in [9.17, 15) is 13.2 Å². The molecule has 6 nitrogen and oxygen atoms in total. The molecule has 3 aromatic rings. The molecule has 0 unspecified atom stereocenters. The number of carbonyl (C=O) groups excluding carboxylic acids is 1. The highest BCUT2D eigenvalue weighted by Gasteiger charge is 2.14. The lowest BCUT2D eigenvalue weighted by Gasteiger charge is -2.15. The maximum Gasteiger partial charge on any atom is 0.246 e. The van der Waals surface area contributed by atoms with Crippen molar-refractivity contribution >= 4 is 33.6 Å². The van der Waals surface area contributed by atoms with E-state index in [1.54, 1.807) is 54.4 Å². The third-order valence-electron chi connectivity index (χ3n) is 4.33. The maximum absolute atomic E-state index is 12.3. The van der Waals surface area contributed by atoms with Gasteiger partial charge < -0.3 is 9.32 Å². The number of nitrogens with zero attached hydrogens (tertiary/aromatic N) is 1. The normalized spacial score (nSPS) is 11.7. The first-order chi connectivity index (χ1) is 14.3. The summed E-state index contributed by atoms with van der Waals surface area (Å²) in [7, 11) is -1.94. The van der Waals surface area contributed by atoms with E-state index in [0.29, 0.717) is 22.9 Å². The van der Waals surface area contributed by atoms with Crippen molar-refractivity contribution in [3.63, 3.8) is 0 Å². The third kappa shape index (κ3) is 6.06. The van der Waals surface area contributed by atoms with E-state index in [2.05, 4.69) is 4.72 Å². The topological polar surface area (TPSA) is 79.6 Å². The van der Waals surface area contributed by atoms with Crippen LogP contribution in [0.2, 0.25) is 5.02 Å². The molecule has 0 bridgehead atoms. The fourth-order valence-electron chi connectivity index (χ4n) is 2.66. The predicted octanol–water partition coefficient (Wildman–Crippen LogP) is 4.08. The lowest BCUT2D eigenvalue weighted by atomic mass is 10.2. The zero-order chi connectivity index (χ0) is 21.6. The predicted molar refractivity (Wildman–Crippen MR) is 116 cm³/mol. The SMILES string of the molecule is CN(Cc1ccc(Cl)cc1)C(=O)C=Cc1ccc(S(=O)(=O)NCc2ccco2)cc1. The van der Waals surface area contributed by atoms with E-state index in [1.807, 2.05) is 12.1 Å². The molecule has 156 valence electrons. The molecule has 1 aromatic heterocycles. The van der Waals surface area contributed by atoms with Crippen LogP contribution >= 0.6 is 11.6 Å². The molecule has 0 aliphatic carbocycles. The Morgan fingerprint density at radius 3 is 2.43 bits per heavy atom. The van der Waals surface area contributed by atoms with Crippen molar-refractivity contribution in [3.8, 4) is 0 Å². The summed E-state index contributed by atoms with van der Waals surface area (Å²) in [5.74, 6) is 0.362. The average Bonchev–Trinajstić information content (AvgIpc) is 3.26. The van der Waals surface area contributed by atoms with Gasteiger partial charge in [-0.25, -0.2) is 13.1 Å². The second kappa shape index (κ2) is 9.75. The number of hydrogen-bond donors (Lipinski definition) is 1. The van der Waals surface area contributed by atoms with E-state index in [-0.39, 0.29) is 17.3 Å². The Morgan fingerprint density at radius 1 is 1.10 bits per heavy atom. The molecule has 2 aromatic carbocycles. The van der Waals surface area contributed by atoms with Crippen LogP contribution in [-0.2, 0) is 27.9 Å². The van der Waals surface area contributed by atoms with Crippen LogP contribution < -0.4 is 4.72 Å². The van der Waals surface area contributed by atoms with E-state index in [4.69, 9.17) is 16.0 Å². The number of likely N-dealkylation sites (N-methyl/N-ethyl adjacent to an activating group) is 1. The Morgan fingerprint density at radius 2 is 1.80 bits per heavy atom. The molecule has 0 fully saturated rings. The van der Waals surface area contributed by atoms with Gasteiger partial charge >= 0.3 is 0 Å². The van der Waals surface area contributed by atoms with Crippen molar-refractivity contribution in [2.24, 2.45) is 0 Å². The minimum absolute atomic E-state index is 0.0748. The molecule has 1 N–H and O–H groups in total. The van der Waals surface area contributed by atoms with Crippen molar-refractivity contribution in [2.75, 3.05) is 7.05 Å². The van der Waals surface area contributed by atoms with Gasteiger partial charge in [-0.3, -0.25) is 4.79 Å². The van der Waals surface area contributed by atoms with E-state index in [1.165, 1.54) is 24.5 Å². The van der Waals surface area contributed by atoms with E-state index in [0.717, 1.165) is 5.56 Å². The molecule has 3 rings (SSSR count). The quantitative estimate of drug-likeness (QED) is 0.531. The van der Waals surface area contributed by atoms with Crippen LogP contribution in [0.3, 0.4) is 0 Å². The molecule has 8 heteroatoms. The molecule has 0 aliphatic rings. The van der Waals surface area contributed by atoms with Gasteiger partial charge in [0.15, 0.2) is 0 Å². The zero-order valence-electron chi connectivity index (χ0n) is 16.3. The minimum atomic E-state index is -3.65. The number of rotatable bonds is 8. The summed E-state index contributed by atoms with van der Waals surface area (Å²) in [6, 6.07) is 17.0. The molecule has 0 atom stereocenters. The minimum Gasteiger partial charge on any atom is -0.468 e. The zero-order valence-corrected chi connectivity index (χ0v) is 17.9. The molecule has 1 amide bonds. The first-order valence-corrected chi connectivity index (χ1v) is 11.0. The van der Waals surface area contributed by atoms with Crippen LogP contribution in [0.25, 0.3) is 6.08 Å². The van der Waals surface area contributed by atoms with Gasteiger partial charge in [-0.15, -0.1) is 0 Å². The molecular formula is C22H21ClN2O4S. The van der Waals surface area contributed by atoms with Gasteiger partial charge in [-0.2, -0.15) is 0 Å². The number of nitrogens with one attached hydrogen (secondary N) is 1. The molecule has 0 saturated heterocycles. The monoisotopic (exact) mass is 444 g/mol. The fourth-order valence-corrected chi connectivity index (χ4v) is 3.78. The van der Waals surface area contributed by atoms with Gasteiger partial charge in [0, 0.05) is 24.7 Å². The summed E-state index contributed by atoms with van der Waals surface area (Å²) in [4.78, 5) is 14.0. The Labute approximate surface area is 180 Å². The molecule has 0 saturated carbocycles. The number of carbonyl (C=O) groups is 1. The van der Waals surface area contributed by atoms with Gasteiger partial charge in [0.25, 0.3) is 0 Å². The number of furan rings is 1. The summed E-state index contributed by atoms with van der Waals surface area (Å²) >= 11 is 5.87. The molecule has 30 heavy (non-hydrogen) atoms. The van der Waals surface area contributed by atoms with Gasteiger partial charge in [0.2, 0.25) is 15.9 Å². The molecule has 1 heterocycles. The highest BCUT2D eigenvalue weighted by atomic mass is 35.5. The van der Waals surface area contributed by atoms with Crippen LogP contribution in [-0.4, -0.2) is 26.3 Å². The fraction of sp³-hybridized carbons (Fsp3) is 0.136. The van der Waals surface area contributed by atoms with Gasteiger partial charge in [0.1, 0.15) is 5.76 Å². The summed E-state index contributed by atoms with van der Waals surface area (Å²) in [6.07, 6.45) is 4.58. The highest BCUT2D eigenvalue weighted by Crippen LogP contribution is 2.14. The second-order valence-corrected chi connectivity index (χ2v) is 8.83. The van der Waals surface area contributed by atoms with Crippen molar-refractivity contribution in [1.82, 2.24) is 9.62 Å². The Balaban J connectivity index is 1.58. The van der Waals surface area contributed by atoms with Crippen molar-refractivity contribution in [2.45, 2.75) is 18.0 Å². The highest BCUT2D eigenvalue weighted by molar-refractivity contribution is 7.89. The van der Waals surface area contributed by atoms with E-state index >= 15 is 0 Å². The summed E-state index contributed by atoms with van der Waals surface area (Å²) < 4.78 is 32.3. The third-order valence-corrected chi connectivity index (χ3v) is 6.00. The molecule has 0 aliphatic heterocycles.